The van der Waals surface area contributed by atoms with Crippen molar-refractivity contribution in [1.82, 2.24) is 10.2 Å². The van der Waals surface area contributed by atoms with Gasteiger partial charge < -0.3 is 15.2 Å². The molecule has 2 N–H and O–H groups in total. The number of aliphatic hydroxyl groups is 1. The third-order valence-electron chi connectivity index (χ3n) is 2.46. The van der Waals surface area contributed by atoms with Gasteiger partial charge in [-0.05, 0) is 40.0 Å². The smallest absolute Gasteiger partial charge is 0.0791 e. The predicted molar refractivity (Wildman–Crippen MR) is 79.1 cm³/mol. The van der Waals surface area contributed by atoms with E-state index in [4.69, 9.17) is 4.74 Å². The van der Waals surface area contributed by atoms with Crippen molar-refractivity contribution in [3.8, 4) is 0 Å². The maximum absolute atomic E-state index is 9.85. The van der Waals surface area contributed by atoms with Crippen molar-refractivity contribution >= 4 is 27.3 Å². The molecule has 6 heteroatoms. The van der Waals surface area contributed by atoms with Crippen LogP contribution >= 0.6 is 27.3 Å². The molecule has 0 spiro atoms. The Morgan fingerprint density at radius 3 is 3.00 bits per heavy atom. The summed E-state index contributed by atoms with van der Waals surface area (Å²) in [5.41, 5.74) is 1.27. The van der Waals surface area contributed by atoms with Crippen LogP contribution < -0.4 is 5.32 Å². The molecule has 0 saturated carbocycles. The van der Waals surface area contributed by atoms with Gasteiger partial charge in [-0.3, -0.25) is 4.90 Å². The lowest BCUT2D eigenvalue weighted by molar-refractivity contribution is 0.117. The highest BCUT2D eigenvalue weighted by atomic mass is 79.9. The Morgan fingerprint density at radius 1 is 1.61 bits per heavy atom. The van der Waals surface area contributed by atoms with Crippen LogP contribution in [-0.2, 0) is 11.3 Å². The van der Waals surface area contributed by atoms with Gasteiger partial charge in [-0.15, -0.1) is 11.3 Å². The van der Waals surface area contributed by atoms with Gasteiger partial charge in [0, 0.05) is 33.3 Å². The summed E-state index contributed by atoms with van der Waals surface area (Å²) < 4.78 is 6.07. The average Bonchev–Trinajstić information content (AvgIpc) is 2.70. The number of hydrogen-bond acceptors (Lipinski definition) is 5. The molecule has 0 aliphatic carbocycles. The molecule has 1 aromatic heterocycles. The minimum absolute atomic E-state index is 0.353. The van der Waals surface area contributed by atoms with E-state index in [0.29, 0.717) is 19.7 Å². The van der Waals surface area contributed by atoms with Gasteiger partial charge in [0.2, 0.25) is 0 Å². The molecule has 1 aromatic rings. The first kappa shape index (κ1) is 16.1. The fourth-order valence-corrected chi connectivity index (χ4v) is 2.87. The molecular weight excluding hydrogens is 316 g/mol. The number of hydrogen-bond donors (Lipinski definition) is 2. The Labute approximate surface area is 121 Å². The molecule has 104 valence electrons. The minimum atomic E-state index is -0.353. The molecule has 0 radical (unpaired) electrons. The number of thiophene rings is 1. The largest absolute Gasteiger partial charge is 0.390 e. The summed E-state index contributed by atoms with van der Waals surface area (Å²) in [6.45, 7) is 3.56. The van der Waals surface area contributed by atoms with Crippen LogP contribution in [0.3, 0.4) is 0 Å². The molecule has 0 fully saturated rings. The van der Waals surface area contributed by atoms with Crippen molar-refractivity contribution in [3.63, 3.8) is 0 Å². The Bertz CT molecular complexity index is 336. The molecule has 0 aliphatic heterocycles. The number of methoxy groups -OCH3 is 1. The molecule has 1 unspecified atom stereocenters. The van der Waals surface area contributed by atoms with E-state index in [1.165, 1.54) is 5.56 Å². The van der Waals surface area contributed by atoms with Gasteiger partial charge >= 0.3 is 0 Å². The van der Waals surface area contributed by atoms with Crippen LogP contribution in [0.25, 0.3) is 0 Å². The number of halogens is 1. The maximum Gasteiger partial charge on any atom is 0.0791 e. The van der Waals surface area contributed by atoms with E-state index in [-0.39, 0.29) is 6.10 Å². The number of aliphatic hydroxyl groups excluding tert-OH is 1. The lowest BCUT2D eigenvalue weighted by Gasteiger charge is -2.20. The molecule has 0 amide bonds. The molecule has 0 aromatic carbocycles. The highest BCUT2D eigenvalue weighted by molar-refractivity contribution is 9.11. The van der Waals surface area contributed by atoms with Crippen LogP contribution in [0.5, 0.6) is 0 Å². The molecule has 18 heavy (non-hydrogen) atoms. The van der Waals surface area contributed by atoms with Crippen molar-refractivity contribution in [2.75, 3.05) is 40.4 Å². The van der Waals surface area contributed by atoms with Crippen LogP contribution in [0, 0.1) is 0 Å². The summed E-state index contributed by atoms with van der Waals surface area (Å²) in [4.78, 5) is 2.12. The Balaban J connectivity index is 2.16. The van der Waals surface area contributed by atoms with Gasteiger partial charge in [-0.25, -0.2) is 0 Å². The molecule has 1 atom stereocenters. The monoisotopic (exact) mass is 336 g/mol. The topological polar surface area (TPSA) is 44.7 Å². The van der Waals surface area contributed by atoms with Crippen LogP contribution in [0.4, 0.5) is 0 Å². The van der Waals surface area contributed by atoms with Gasteiger partial charge in [-0.1, -0.05) is 0 Å². The van der Waals surface area contributed by atoms with Crippen LogP contribution in [0.15, 0.2) is 15.2 Å². The van der Waals surface area contributed by atoms with Crippen molar-refractivity contribution in [2.24, 2.45) is 0 Å². The Kier molecular flexibility index (Phi) is 8.05. The summed E-state index contributed by atoms with van der Waals surface area (Å²) in [7, 11) is 3.69. The second-order valence-corrected chi connectivity index (χ2v) is 6.60. The second kappa shape index (κ2) is 9.01. The summed E-state index contributed by atoms with van der Waals surface area (Å²) in [6.07, 6.45) is -0.353. The number of ether oxygens (including phenoxy) is 1. The summed E-state index contributed by atoms with van der Waals surface area (Å²) in [6, 6.07) is 2.12. The highest BCUT2D eigenvalue weighted by Crippen LogP contribution is 2.21. The van der Waals surface area contributed by atoms with Crippen LogP contribution in [-0.4, -0.2) is 56.5 Å². The quantitative estimate of drug-likeness (QED) is 0.671. The van der Waals surface area contributed by atoms with E-state index >= 15 is 0 Å². The average molecular weight is 337 g/mol. The summed E-state index contributed by atoms with van der Waals surface area (Å²) in [5, 5.41) is 15.1. The van der Waals surface area contributed by atoms with E-state index in [0.717, 1.165) is 16.9 Å². The van der Waals surface area contributed by atoms with Crippen molar-refractivity contribution in [2.45, 2.75) is 12.6 Å². The fraction of sp³-hybridized carbons (Fsp3) is 0.667. The third kappa shape index (κ3) is 6.82. The van der Waals surface area contributed by atoms with E-state index in [1.54, 1.807) is 18.4 Å². The molecule has 0 bridgehead atoms. The van der Waals surface area contributed by atoms with Gasteiger partial charge in [-0.2, -0.15) is 0 Å². The molecule has 0 saturated heterocycles. The van der Waals surface area contributed by atoms with Gasteiger partial charge in [0.1, 0.15) is 0 Å². The van der Waals surface area contributed by atoms with E-state index in [2.05, 4.69) is 37.6 Å². The zero-order chi connectivity index (χ0) is 13.4. The lowest BCUT2D eigenvalue weighted by atomic mass is 10.3. The Hall–Kier alpha value is 0.0200. The van der Waals surface area contributed by atoms with Crippen molar-refractivity contribution in [3.05, 3.63) is 20.8 Å². The zero-order valence-electron chi connectivity index (χ0n) is 10.9. The summed E-state index contributed by atoms with van der Waals surface area (Å²) >= 11 is 5.14. The lowest BCUT2D eigenvalue weighted by Crippen LogP contribution is -2.37. The predicted octanol–water partition coefficient (Wildman–Crippen LogP) is 1.54. The number of nitrogens with zero attached hydrogens (tertiary/aromatic N) is 1. The van der Waals surface area contributed by atoms with Crippen molar-refractivity contribution < 1.29 is 9.84 Å². The standard InChI is InChI=1S/C12H21BrN2O2S/c1-15(7-10-5-12(13)18-9-10)8-11(16)6-14-3-4-17-2/h5,9,11,14,16H,3-4,6-8H2,1-2H3. The molecular formula is C12H21BrN2O2S. The van der Waals surface area contributed by atoms with Gasteiger partial charge in [0.05, 0.1) is 16.5 Å². The second-order valence-electron chi connectivity index (χ2n) is 4.31. The van der Waals surface area contributed by atoms with Crippen LogP contribution in [0.1, 0.15) is 5.56 Å². The van der Waals surface area contributed by atoms with E-state index in [1.807, 2.05) is 7.05 Å². The van der Waals surface area contributed by atoms with E-state index < -0.39 is 0 Å². The first-order valence-corrected chi connectivity index (χ1v) is 7.58. The fourth-order valence-electron chi connectivity index (χ4n) is 1.67. The van der Waals surface area contributed by atoms with E-state index in [9.17, 15) is 5.11 Å². The van der Waals surface area contributed by atoms with Gasteiger partial charge in [0.25, 0.3) is 0 Å². The minimum Gasteiger partial charge on any atom is -0.390 e. The zero-order valence-corrected chi connectivity index (χ0v) is 13.3. The molecule has 4 nitrogen and oxygen atoms in total. The van der Waals surface area contributed by atoms with Crippen LogP contribution in [0.2, 0.25) is 0 Å². The number of nitrogens with one attached hydrogen (secondary N) is 1. The highest BCUT2D eigenvalue weighted by Gasteiger charge is 2.09. The third-order valence-corrected chi connectivity index (χ3v) is 4.01. The summed E-state index contributed by atoms with van der Waals surface area (Å²) in [5.74, 6) is 0. The maximum atomic E-state index is 9.85. The first-order valence-electron chi connectivity index (χ1n) is 5.91. The molecule has 1 rings (SSSR count). The SMILES string of the molecule is COCCNCC(O)CN(C)Cc1csc(Br)c1. The first-order chi connectivity index (χ1) is 8.61. The van der Waals surface area contributed by atoms with Crippen molar-refractivity contribution in [1.29, 1.82) is 0 Å². The Morgan fingerprint density at radius 2 is 2.39 bits per heavy atom. The molecule has 1 heterocycles. The molecule has 0 aliphatic rings. The van der Waals surface area contributed by atoms with Gasteiger partial charge in [0.15, 0.2) is 0 Å². The number of rotatable bonds is 9. The normalized spacial score (nSPS) is 13.2. The number of likely N-dealkylation sites (N-methyl/N-ethyl adjacent to an activating group) is 1.